The molecule has 0 atom stereocenters. The van der Waals surface area contributed by atoms with E-state index in [2.05, 4.69) is 0 Å². The first kappa shape index (κ1) is 18.3. The van der Waals surface area contributed by atoms with Crippen LogP contribution in [0.25, 0.3) is 0 Å². The second-order valence-electron chi connectivity index (χ2n) is 6.60. The fourth-order valence-electron chi connectivity index (χ4n) is 3.12. The van der Waals surface area contributed by atoms with E-state index in [4.69, 9.17) is 0 Å². The first-order chi connectivity index (χ1) is 12.3. The average molecular weight is 373 g/mol. The van der Waals surface area contributed by atoms with Crippen molar-refractivity contribution in [2.45, 2.75) is 6.42 Å². The Hall–Kier alpha value is -2.54. The van der Waals surface area contributed by atoms with Crippen molar-refractivity contribution >= 4 is 33.0 Å². The summed E-state index contributed by atoms with van der Waals surface area (Å²) in [4.78, 5) is 16.4. The molecule has 138 valence electrons. The molecule has 1 aliphatic rings. The lowest BCUT2D eigenvalue weighted by Gasteiger charge is -2.26. The van der Waals surface area contributed by atoms with Crippen LogP contribution in [-0.4, -0.2) is 47.8 Å². The predicted octanol–water partition coefficient (Wildman–Crippen LogP) is 2.11. The van der Waals surface area contributed by atoms with Gasteiger partial charge in [-0.1, -0.05) is 18.2 Å². The van der Waals surface area contributed by atoms with Gasteiger partial charge in [0.2, 0.25) is 15.9 Å². The number of fused-ring (bicyclic) bond motifs is 1. The molecule has 0 aromatic heterocycles. The van der Waals surface area contributed by atoms with E-state index in [0.717, 1.165) is 33.9 Å². The lowest BCUT2D eigenvalue weighted by molar-refractivity contribution is -0.117. The zero-order chi connectivity index (χ0) is 18.9. The summed E-state index contributed by atoms with van der Waals surface area (Å²) in [6.07, 6.45) is 1.91. The Morgan fingerprint density at radius 2 is 1.65 bits per heavy atom. The van der Waals surface area contributed by atoms with E-state index in [0.29, 0.717) is 12.2 Å². The molecule has 0 aliphatic carbocycles. The van der Waals surface area contributed by atoms with Crippen molar-refractivity contribution in [1.29, 1.82) is 0 Å². The van der Waals surface area contributed by atoms with Gasteiger partial charge in [0, 0.05) is 32.0 Å². The van der Waals surface area contributed by atoms with Crippen LogP contribution < -0.4 is 14.1 Å². The van der Waals surface area contributed by atoms with Crippen molar-refractivity contribution < 1.29 is 13.2 Å². The quantitative estimate of drug-likeness (QED) is 0.805. The molecule has 1 heterocycles. The van der Waals surface area contributed by atoms with Crippen LogP contribution in [0.4, 0.5) is 17.1 Å². The first-order valence-electron chi connectivity index (χ1n) is 8.41. The molecular formula is C19H23N3O3S. The van der Waals surface area contributed by atoms with Gasteiger partial charge in [0.1, 0.15) is 6.54 Å². The van der Waals surface area contributed by atoms with Crippen molar-refractivity contribution in [1.82, 2.24) is 0 Å². The number of para-hydroxylation sites is 1. The van der Waals surface area contributed by atoms with E-state index in [-0.39, 0.29) is 12.5 Å². The summed E-state index contributed by atoms with van der Waals surface area (Å²) in [7, 11) is 0.248. The summed E-state index contributed by atoms with van der Waals surface area (Å²) in [5.74, 6) is -0.225. The normalized spacial score (nSPS) is 13.4. The van der Waals surface area contributed by atoms with Gasteiger partial charge >= 0.3 is 0 Å². The molecule has 0 N–H and O–H groups in total. The summed E-state index contributed by atoms with van der Waals surface area (Å²) < 4.78 is 25.7. The number of carbonyl (C=O) groups is 1. The fourth-order valence-corrected chi connectivity index (χ4v) is 3.97. The van der Waals surface area contributed by atoms with Crippen LogP contribution in [0, 0.1) is 0 Å². The molecular weight excluding hydrogens is 350 g/mol. The van der Waals surface area contributed by atoms with Crippen LogP contribution >= 0.6 is 0 Å². The first-order valence-corrected chi connectivity index (χ1v) is 10.3. The SMILES string of the molecule is CN(C)c1ccc(N(CC(=O)N2CCc3ccccc32)S(C)(=O)=O)cc1. The van der Waals surface area contributed by atoms with Crippen molar-refractivity contribution in [3.63, 3.8) is 0 Å². The molecule has 0 spiro atoms. The molecule has 0 radical (unpaired) electrons. The molecule has 6 nitrogen and oxygen atoms in total. The highest BCUT2D eigenvalue weighted by molar-refractivity contribution is 7.92. The molecule has 1 aliphatic heterocycles. The van der Waals surface area contributed by atoms with E-state index in [1.165, 1.54) is 0 Å². The number of sulfonamides is 1. The summed E-state index contributed by atoms with van der Waals surface area (Å²) in [5.41, 5.74) is 3.43. The largest absolute Gasteiger partial charge is 0.378 e. The zero-order valence-electron chi connectivity index (χ0n) is 15.2. The number of nitrogens with zero attached hydrogens (tertiary/aromatic N) is 3. The molecule has 0 unspecified atom stereocenters. The van der Waals surface area contributed by atoms with E-state index >= 15 is 0 Å². The second-order valence-corrected chi connectivity index (χ2v) is 8.51. The molecule has 2 aromatic carbocycles. The minimum absolute atomic E-state index is 0.214. The number of carbonyl (C=O) groups excluding carboxylic acids is 1. The van der Waals surface area contributed by atoms with Crippen molar-refractivity contribution in [3.8, 4) is 0 Å². The second kappa shape index (κ2) is 6.99. The number of hydrogen-bond donors (Lipinski definition) is 0. The van der Waals surface area contributed by atoms with Gasteiger partial charge < -0.3 is 9.80 Å². The Kier molecular flexibility index (Phi) is 4.91. The predicted molar refractivity (Wildman–Crippen MR) is 105 cm³/mol. The third-order valence-electron chi connectivity index (χ3n) is 4.52. The average Bonchev–Trinajstić information content (AvgIpc) is 3.03. The van der Waals surface area contributed by atoms with Gasteiger partial charge in [-0.15, -0.1) is 0 Å². The lowest BCUT2D eigenvalue weighted by Crippen LogP contribution is -2.42. The van der Waals surface area contributed by atoms with Gasteiger partial charge in [0.25, 0.3) is 0 Å². The number of rotatable bonds is 5. The van der Waals surface area contributed by atoms with Crippen LogP contribution in [0.2, 0.25) is 0 Å². The number of anilines is 3. The Balaban J connectivity index is 1.85. The molecule has 0 saturated carbocycles. The molecule has 3 rings (SSSR count). The van der Waals surface area contributed by atoms with Crippen LogP contribution in [0.3, 0.4) is 0 Å². The van der Waals surface area contributed by atoms with Gasteiger partial charge in [-0.2, -0.15) is 0 Å². The summed E-state index contributed by atoms with van der Waals surface area (Å²) in [6, 6.07) is 14.9. The van der Waals surface area contributed by atoms with Crippen molar-refractivity contribution in [2.24, 2.45) is 0 Å². The maximum absolute atomic E-state index is 12.8. The van der Waals surface area contributed by atoms with Gasteiger partial charge in [0.15, 0.2) is 0 Å². The molecule has 0 bridgehead atoms. The monoisotopic (exact) mass is 373 g/mol. The maximum atomic E-state index is 12.8. The topological polar surface area (TPSA) is 60.9 Å². The summed E-state index contributed by atoms with van der Waals surface area (Å²) in [5, 5.41) is 0. The third kappa shape index (κ3) is 3.67. The van der Waals surface area contributed by atoms with Crippen LogP contribution in [0.1, 0.15) is 5.56 Å². The van der Waals surface area contributed by atoms with Gasteiger partial charge in [0.05, 0.1) is 11.9 Å². The van der Waals surface area contributed by atoms with E-state index in [1.54, 1.807) is 17.0 Å². The van der Waals surface area contributed by atoms with Gasteiger partial charge in [-0.25, -0.2) is 8.42 Å². The van der Waals surface area contributed by atoms with E-state index < -0.39 is 10.0 Å². The number of hydrogen-bond acceptors (Lipinski definition) is 4. The molecule has 2 aromatic rings. The van der Waals surface area contributed by atoms with E-state index in [1.807, 2.05) is 55.4 Å². The maximum Gasteiger partial charge on any atom is 0.247 e. The highest BCUT2D eigenvalue weighted by Crippen LogP contribution is 2.28. The lowest BCUT2D eigenvalue weighted by atomic mass is 10.2. The highest BCUT2D eigenvalue weighted by atomic mass is 32.2. The van der Waals surface area contributed by atoms with Crippen LogP contribution in [-0.2, 0) is 21.2 Å². The van der Waals surface area contributed by atoms with E-state index in [9.17, 15) is 13.2 Å². The van der Waals surface area contributed by atoms with Crippen molar-refractivity contribution in [2.75, 3.05) is 47.5 Å². The van der Waals surface area contributed by atoms with Crippen molar-refractivity contribution in [3.05, 3.63) is 54.1 Å². The Morgan fingerprint density at radius 1 is 1.04 bits per heavy atom. The van der Waals surface area contributed by atoms with Crippen LogP contribution in [0.5, 0.6) is 0 Å². The Labute approximate surface area is 154 Å². The molecule has 1 amide bonds. The Morgan fingerprint density at radius 3 is 2.27 bits per heavy atom. The summed E-state index contributed by atoms with van der Waals surface area (Å²) in [6.45, 7) is 0.365. The Bertz CT molecular complexity index is 908. The third-order valence-corrected chi connectivity index (χ3v) is 5.66. The summed E-state index contributed by atoms with van der Waals surface area (Å²) >= 11 is 0. The van der Waals surface area contributed by atoms with Crippen LogP contribution in [0.15, 0.2) is 48.5 Å². The smallest absolute Gasteiger partial charge is 0.247 e. The van der Waals surface area contributed by atoms with Gasteiger partial charge in [-0.3, -0.25) is 9.10 Å². The standard InChI is InChI=1S/C19H23N3O3S/c1-20(2)16-8-10-17(11-9-16)22(26(3,24)25)14-19(23)21-13-12-15-6-4-5-7-18(15)21/h4-11H,12-14H2,1-3H3. The number of amides is 1. The molecule has 0 fully saturated rings. The molecule has 7 heteroatoms. The zero-order valence-corrected chi connectivity index (χ0v) is 16.0. The highest BCUT2D eigenvalue weighted by Gasteiger charge is 2.28. The number of benzene rings is 2. The van der Waals surface area contributed by atoms with Gasteiger partial charge in [-0.05, 0) is 42.3 Å². The minimum atomic E-state index is -3.58. The fraction of sp³-hybridized carbons (Fsp3) is 0.316. The molecule has 0 saturated heterocycles. The molecule has 26 heavy (non-hydrogen) atoms. The minimum Gasteiger partial charge on any atom is -0.378 e.